The molecule has 0 saturated carbocycles. The average molecular weight is 436 g/mol. The normalized spacial score (nSPS) is 15.1. The van der Waals surface area contributed by atoms with Crippen LogP contribution < -0.4 is 15.4 Å². The number of fused-ring (bicyclic) bond motifs is 1. The van der Waals surface area contributed by atoms with Gasteiger partial charge in [0.15, 0.2) is 0 Å². The number of thioether (sulfide) groups is 1. The van der Waals surface area contributed by atoms with Gasteiger partial charge in [-0.2, -0.15) is 0 Å². The van der Waals surface area contributed by atoms with Gasteiger partial charge in [-0.15, -0.1) is 11.8 Å². The van der Waals surface area contributed by atoms with Crippen molar-refractivity contribution in [2.75, 3.05) is 15.4 Å². The summed E-state index contributed by atoms with van der Waals surface area (Å²) in [6, 6.07) is 21.2. The van der Waals surface area contributed by atoms with Gasteiger partial charge in [-0.3, -0.25) is 9.59 Å². The summed E-state index contributed by atoms with van der Waals surface area (Å²) in [5, 5.41) is 5.63. The van der Waals surface area contributed by atoms with Crippen molar-refractivity contribution in [3.8, 4) is 0 Å². The van der Waals surface area contributed by atoms with Crippen molar-refractivity contribution >= 4 is 52.6 Å². The van der Waals surface area contributed by atoms with Gasteiger partial charge in [-0.05, 0) is 80.4 Å². The van der Waals surface area contributed by atoms with E-state index >= 15 is 0 Å². The number of anilines is 3. The highest BCUT2D eigenvalue weighted by Gasteiger charge is 2.23. The molecule has 1 unspecified atom stereocenters. The van der Waals surface area contributed by atoms with E-state index in [1.54, 1.807) is 12.1 Å². The summed E-state index contributed by atoms with van der Waals surface area (Å²) in [6.45, 7) is 3.92. The first-order valence-electron chi connectivity index (χ1n) is 9.50. The molecule has 2 amide bonds. The first-order chi connectivity index (χ1) is 14.5. The van der Waals surface area contributed by atoms with E-state index < -0.39 is 0 Å². The van der Waals surface area contributed by atoms with Gasteiger partial charge < -0.3 is 15.4 Å². The van der Waals surface area contributed by atoms with E-state index in [2.05, 4.69) is 34.4 Å². The van der Waals surface area contributed by atoms with Crippen LogP contribution in [0.2, 0.25) is 0 Å². The van der Waals surface area contributed by atoms with E-state index in [9.17, 15) is 9.59 Å². The number of carbonyl (C=O) groups is 2. The summed E-state index contributed by atoms with van der Waals surface area (Å²) in [6.07, 6.45) is 0. The SMILES string of the molecule is Cc1ccc(NSc2ccc(NC(=O)c3ccc4c(c3)NC(=O)C(C)S4)cc2)cc1. The van der Waals surface area contributed by atoms with Crippen LogP contribution in [0.4, 0.5) is 17.1 Å². The molecule has 1 aliphatic heterocycles. The van der Waals surface area contributed by atoms with E-state index in [1.165, 1.54) is 29.3 Å². The molecule has 0 radical (unpaired) electrons. The highest BCUT2D eigenvalue weighted by atomic mass is 32.2. The Morgan fingerprint density at radius 3 is 2.43 bits per heavy atom. The molecule has 0 bridgehead atoms. The van der Waals surface area contributed by atoms with E-state index in [0.717, 1.165) is 15.5 Å². The lowest BCUT2D eigenvalue weighted by Gasteiger charge is -2.21. The van der Waals surface area contributed by atoms with Crippen LogP contribution in [0.25, 0.3) is 0 Å². The Bertz CT molecular complexity index is 1080. The van der Waals surface area contributed by atoms with Crippen molar-refractivity contribution in [2.45, 2.75) is 28.9 Å². The first-order valence-corrected chi connectivity index (χ1v) is 11.2. The lowest BCUT2D eigenvalue weighted by molar-refractivity contribution is -0.115. The van der Waals surface area contributed by atoms with Crippen molar-refractivity contribution in [2.24, 2.45) is 0 Å². The van der Waals surface area contributed by atoms with Gasteiger partial charge >= 0.3 is 0 Å². The van der Waals surface area contributed by atoms with Crippen molar-refractivity contribution in [1.82, 2.24) is 0 Å². The molecule has 7 heteroatoms. The molecule has 1 heterocycles. The minimum absolute atomic E-state index is 0.0441. The van der Waals surface area contributed by atoms with Gasteiger partial charge in [-0.25, -0.2) is 0 Å². The topological polar surface area (TPSA) is 70.2 Å². The monoisotopic (exact) mass is 435 g/mol. The third-order valence-corrected chi connectivity index (χ3v) is 6.65. The van der Waals surface area contributed by atoms with Crippen LogP contribution in [0.3, 0.4) is 0 Å². The van der Waals surface area contributed by atoms with Crippen LogP contribution in [0.1, 0.15) is 22.8 Å². The number of hydrogen-bond acceptors (Lipinski definition) is 5. The maximum absolute atomic E-state index is 12.6. The van der Waals surface area contributed by atoms with E-state index in [1.807, 2.05) is 49.4 Å². The molecule has 152 valence electrons. The minimum atomic E-state index is -0.214. The number of amides is 2. The zero-order valence-corrected chi connectivity index (χ0v) is 18.2. The maximum Gasteiger partial charge on any atom is 0.255 e. The molecule has 1 atom stereocenters. The molecular formula is C23H21N3O2S2. The van der Waals surface area contributed by atoms with Crippen LogP contribution >= 0.6 is 23.7 Å². The summed E-state index contributed by atoms with van der Waals surface area (Å²) in [4.78, 5) is 26.5. The standard InChI is InChI=1S/C23H21N3O2S2/c1-14-3-6-18(7-4-14)26-30-19-10-8-17(9-11-19)24-23(28)16-5-12-21-20(13-16)25-22(27)15(2)29-21/h3-13,15,26H,1-2H3,(H,24,28)(H,25,27). The summed E-state index contributed by atoms with van der Waals surface area (Å²) in [5.74, 6) is -0.258. The van der Waals surface area contributed by atoms with Crippen molar-refractivity contribution in [3.63, 3.8) is 0 Å². The molecule has 3 N–H and O–H groups in total. The Labute approximate surface area is 184 Å². The second-order valence-corrected chi connectivity index (χ2v) is 9.27. The number of nitrogens with one attached hydrogen (secondary N) is 3. The van der Waals surface area contributed by atoms with Gasteiger partial charge in [0.05, 0.1) is 10.9 Å². The fraction of sp³-hybridized carbons (Fsp3) is 0.130. The Morgan fingerprint density at radius 2 is 1.70 bits per heavy atom. The van der Waals surface area contributed by atoms with E-state index in [0.29, 0.717) is 16.9 Å². The highest BCUT2D eigenvalue weighted by molar-refractivity contribution is 8.01. The quantitative estimate of drug-likeness (QED) is 0.442. The zero-order chi connectivity index (χ0) is 21.1. The fourth-order valence-corrected chi connectivity index (χ4v) is 4.47. The van der Waals surface area contributed by atoms with Crippen LogP contribution in [0.5, 0.6) is 0 Å². The minimum Gasteiger partial charge on any atom is -0.326 e. The lowest BCUT2D eigenvalue weighted by Crippen LogP contribution is -2.26. The third kappa shape index (κ3) is 4.80. The molecule has 3 aromatic carbocycles. The van der Waals surface area contributed by atoms with Crippen LogP contribution in [0.15, 0.2) is 76.5 Å². The zero-order valence-electron chi connectivity index (χ0n) is 16.6. The number of aryl methyl sites for hydroxylation is 1. The molecule has 0 fully saturated rings. The second-order valence-electron chi connectivity index (χ2n) is 7.01. The number of carbonyl (C=O) groups excluding carboxylic acids is 2. The van der Waals surface area contributed by atoms with Crippen molar-refractivity contribution < 1.29 is 9.59 Å². The Kier molecular flexibility index (Phi) is 6.01. The molecule has 30 heavy (non-hydrogen) atoms. The maximum atomic E-state index is 12.6. The number of hydrogen-bond donors (Lipinski definition) is 3. The number of benzene rings is 3. The molecule has 4 rings (SSSR count). The fourth-order valence-electron chi connectivity index (χ4n) is 2.90. The summed E-state index contributed by atoms with van der Waals surface area (Å²) in [7, 11) is 0. The molecule has 3 aromatic rings. The highest BCUT2D eigenvalue weighted by Crippen LogP contribution is 2.36. The number of rotatable bonds is 5. The molecular weight excluding hydrogens is 414 g/mol. The molecule has 1 aliphatic rings. The smallest absolute Gasteiger partial charge is 0.255 e. The predicted octanol–water partition coefficient (Wildman–Crippen LogP) is 5.80. The second kappa shape index (κ2) is 8.85. The van der Waals surface area contributed by atoms with E-state index in [4.69, 9.17) is 0 Å². The van der Waals surface area contributed by atoms with Crippen LogP contribution in [0, 0.1) is 6.92 Å². The van der Waals surface area contributed by atoms with Gasteiger partial charge in [0.1, 0.15) is 0 Å². The van der Waals surface area contributed by atoms with Gasteiger partial charge in [0.2, 0.25) is 5.91 Å². The summed E-state index contributed by atoms with van der Waals surface area (Å²) < 4.78 is 3.30. The molecule has 0 spiro atoms. The summed E-state index contributed by atoms with van der Waals surface area (Å²) >= 11 is 3.01. The van der Waals surface area contributed by atoms with Crippen molar-refractivity contribution in [1.29, 1.82) is 0 Å². The van der Waals surface area contributed by atoms with Gasteiger partial charge in [-0.1, -0.05) is 17.7 Å². The molecule has 0 aliphatic carbocycles. The van der Waals surface area contributed by atoms with Crippen LogP contribution in [-0.4, -0.2) is 17.1 Å². The van der Waals surface area contributed by atoms with E-state index in [-0.39, 0.29) is 17.1 Å². The van der Waals surface area contributed by atoms with Crippen LogP contribution in [-0.2, 0) is 4.79 Å². The lowest BCUT2D eigenvalue weighted by atomic mass is 10.1. The average Bonchev–Trinajstić information content (AvgIpc) is 2.75. The Morgan fingerprint density at radius 1 is 1.00 bits per heavy atom. The van der Waals surface area contributed by atoms with Gasteiger partial charge in [0, 0.05) is 26.7 Å². The first kappa shape index (κ1) is 20.4. The van der Waals surface area contributed by atoms with Gasteiger partial charge in [0.25, 0.3) is 5.91 Å². The molecule has 0 aromatic heterocycles. The third-order valence-electron chi connectivity index (χ3n) is 4.62. The summed E-state index contributed by atoms with van der Waals surface area (Å²) in [5.41, 5.74) is 4.16. The largest absolute Gasteiger partial charge is 0.326 e. The van der Waals surface area contributed by atoms with Crippen molar-refractivity contribution in [3.05, 3.63) is 77.9 Å². The Balaban J connectivity index is 1.37. The predicted molar refractivity (Wildman–Crippen MR) is 125 cm³/mol. The molecule has 0 saturated heterocycles. The Hall–Kier alpha value is -2.90. The molecule has 5 nitrogen and oxygen atoms in total.